The summed E-state index contributed by atoms with van der Waals surface area (Å²) in [6.45, 7) is 8.67. The maximum Gasteiger partial charge on any atom is 0.243 e. The number of hydrogen-bond donors (Lipinski definition) is 3. The lowest BCUT2D eigenvalue weighted by molar-refractivity contribution is -0.138. The number of piperidine rings is 1. The molecule has 0 saturated carbocycles. The number of nitrogens with zero attached hydrogens (tertiary/aromatic N) is 2. The summed E-state index contributed by atoms with van der Waals surface area (Å²) >= 11 is 0. The number of likely N-dealkylation sites (tertiary alicyclic amines) is 1. The first-order valence-corrected chi connectivity index (χ1v) is 12.1. The first-order chi connectivity index (χ1) is 15.7. The lowest BCUT2D eigenvalue weighted by Gasteiger charge is -2.34. The molecule has 2 heterocycles. The van der Waals surface area contributed by atoms with Crippen LogP contribution in [0.15, 0.2) is 24.3 Å². The maximum absolute atomic E-state index is 13.2. The minimum Gasteiger partial charge on any atom is -0.345 e. The Hall–Kier alpha value is -2.90. The van der Waals surface area contributed by atoms with Gasteiger partial charge < -0.3 is 20.5 Å². The van der Waals surface area contributed by atoms with Gasteiger partial charge in [-0.05, 0) is 57.6 Å². The standard InChI is InChI=1S/C25H37N5O3/c1-16(2)12-13-22(31)27-21(15-23(32)30-14-8-7-9-17(30)3)25(33)26-18(4)24-28-19-10-5-6-11-20(19)29-24/h5-6,10-11,16-18,21H,7-9,12-15H2,1-4H3,(H,26,33)(H,27,31)(H,28,29)/t17-,18?,21?/m0/s1. The fourth-order valence-corrected chi connectivity index (χ4v) is 4.22. The highest BCUT2D eigenvalue weighted by atomic mass is 16.2. The predicted octanol–water partition coefficient (Wildman–Crippen LogP) is 3.45. The number of carbonyl (C=O) groups is 3. The summed E-state index contributed by atoms with van der Waals surface area (Å²) in [6.07, 6.45) is 4.05. The molecule has 1 aliphatic rings. The van der Waals surface area contributed by atoms with Crippen molar-refractivity contribution >= 4 is 28.8 Å². The van der Waals surface area contributed by atoms with Gasteiger partial charge in [0.25, 0.3) is 0 Å². The highest BCUT2D eigenvalue weighted by Crippen LogP contribution is 2.19. The van der Waals surface area contributed by atoms with Gasteiger partial charge in [-0.3, -0.25) is 14.4 Å². The Bertz CT molecular complexity index is 937. The minimum absolute atomic E-state index is 0.0452. The van der Waals surface area contributed by atoms with Crippen molar-refractivity contribution in [2.45, 2.75) is 84.3 Å². The molecule has 1 aromatic carbocycles. The SMILES string of the molecule is CC(C)CCC(=O)NC(CC(=O)N1CCCC[C@@H]1C)C(=O)NC(C)c1nc2ccccc2[nH]1. The van der Waals surface area contributed by atoms with Crippen molar-refractivity contribution in [2.75, 3.05) is 6.54 Å². The van der Waals surface area contributed by atoms with E-state index in [1.807, 2.05) is 56.9 Å². The third kappa shape index (κ3) is 6.79. The van der Waals surface area contributed by atoms with Crippen LogP contribution in [0.1, 0.15) is 78.1 Å². The Morgan fingerprint density at radius 2 is 1.91 bits per heavy atom. The van der Waals surface area contributed by atoms with Gasteiger partial charge in [0.1, 0.15) is 11.9 Å². The number of carbonyl (C=O) groups excluding carboxylic acids is 3. The second-order valence-electron chi connectivity index (χ2n) is 9.56. The summed E-state index contributed by atoms with van der Waals surface area (Å²) in [6, 6.07) is 6.50. The van der Waals surface area contributed by atoms with Gasteiger partial charge in [-0.25, -0.2) is 4.98 Å². The molecule has 1 aliphatic heterocycles. The average molecular weight is 456 g/mol. The monoisotopic (exact) mass is 455 g/mol. The van der Waals surface area contributed by atoms with Crippen LogP contribution in [0.4, 0.5) is 0 Å². The van der Waals surface area contributed by atoms with E-state index >= 15 is 0 Å². The van der Waals surface area contributed by atoms with E-state index in [0.717, 1.165) is 36.7 Å². The van der Waals surface area contributed by atoms with Gasteiger partial charge in [0.05, 0.1) is 23.5 Å². The molecule has 8 heteroatoms. The van der Waals surface area contributed by atoms with Crippen LogP contribution >= 0.6 is 0 Å². The van der Waals surface area contributed by atoms with Crippen LogP contribution in [-0.2, 0) is 14.4 Å². The third-order valence-electron chi connectivity index (χ3n) is 6.28. The predicted molar refractivity (Wildman–Crippen MR) is 128 cm³/mol. The number of nitrogens with one attached hydrogen (secondary N) is 3. The van der Waals surface area contributed by atoms with Crippen LogP contribution in [0.25, 0.3) is 11.0 Å². The number of H-pyrrole nitrogens is 1. The third-order valence-corrected chi connectivity index (χ3v) is 6.28. The Labute approximate surface area is 195 Å². The van der Waals surface area contributed by atoms with E-state index in [2.05, 4.69) is 20.6 Å². The van der Waals surface area contributed by atoms with Crippen LogP contribution in [-0.4, -0.2) is 51.2 Å². The summed E-state index contributed by atoms with van der Waals surface area (Å²) in [5, 5.41) is 5.74. The number of aromatic amines is 1. The van der Waals surface area contributed by atoms with E-state index < -0.39 is 12.1 Å². The average Bonchev–Trinajstić information content (AvgIpc) is 3.22. The molecule has 0 spiro atoms. The number of imidazole rings is 1. The van der Waals surface area contributed by atoms with Crippen molar-refractivity contribution < 1.29 is 14.4 Å². The van der Waals surface area contributed by atoms with E-state index in [0.29, 0.717) is 24.7 Å². The minimum atomic E-state index is -0.918. The molecule has 1 saturated heterocycles. The van der Waals surface area contributed by atoms with Crippen molar-refractivity contribution in [2.24, 2.45) is 5.92 Å². The van der Waals surface area contributed by atoms with E-state index in [-0.39, 0.29) is 30.2 Å². The van der Waals surface area contributed by atoms with E-state index in [1.54, 1.807) is 0 Å². The zero-order chi connectivity index (χ0) is 24.0. The van der Waals surface area contributed by atoms with Crippen molar-refractivity contribution in [1.29, 1.82) is 0 Å². The largest absolute Gasteiger partial charge is 0.345 e. The van der Waals surface area contributed by atoms with Crippen LogP contribution in [0.3, 0.4) is 0 Å². The fourth-order valence-electron chi connectivity index (χ4n) is 4.22. The first kappa shape index (κ1) is 24.7. The number of benzene rings is 1. The number of hydrogen-bond acceptors (Lipinski definition) is 4. The molecule has 0 radical (unpaired) electrons. The molecule has 3 atom stereocenters. The molecule has 2 aromatic rings. The zero-order valence-corrected chi connectivity index (χ0v) is 20.2. The lowest BCUT2D eigenvalue weighted by atomic mass is 10.0. The summed E-state index contributed by atoms with van der Waals surface area (Å²) in [5.74, 6) is 0.332. The van der Waals surface area contributed by atoms with Gasteiger partial charge in [-0.2, -0.15) is 0 Å². The van der Waals surface area contributed by atoms with Gasteiger partial charge in [0.2, 0.25) is 17.7 Å². The van der Waals surface area contributed by atoms with Gasteiger partial charge >= 0.3 is 0 Å². The molecule has 1 fully saturated rings. The lowest BCUT2D eigenvalue weighted by Crippen LogP contribution is -2.51. The number of amides is 3. The Morgan fingerprint density at radius 3 is 2.61 bits per heavy atom. The van der Waals surface area contributed by atoms with Crippen molar-refractivity contribution in [3.8, 4) is 0 Å². The molecule has 33 heavy (non-hydrogen) atoms. The van der Waals surface area contributed by atoms with E-state index in [9.17, 15) is 14.4 Å². The first-order valence-electron chi connectivity index (χ1n) is 12.1. The quantitative estimate of drug-likeness (QED) is 0.538. The summed E-state index contributed by atoms with van der Waals surface area (Å²) in [7, 11) is 0. The smallest absolute Gasteiger partial charge is 0.243 e. The molecule has 3 rings (SSSR count). The topological polar surface area (TPSA) is 107 Å². The second kappa shape index (κ2) is 11.3. The Morgan fingerprint density at radius 1 is 1.15 bits per heavy atom. The second-order valence-corrected chi connectivity index (χ2v) is 9.56. The molecule has 8 nitrogen and oxygen atoms in total. The van der Waals surface area contributed by atoms with Gasteiger partial charge in [0, 0.05) is 19.0 Å². The normalized spacial score (nSPS) is 18.2. The fraction of sp³-hybridized carbons (Fsp3) is 0.600. The van der Waals surface area contributed by atoms with Gasteiger partial charge in [-0.1, -0.05) is 26.0 Å². The van der Waals surface area contributed by atoms with Gasteiger partial charge in [0.15, 0.2) is 0 Å². The van der Waals surface area contributed by atoms with Crippen LogP contribution in [0.2, 0.25) is 0 Å². The van der Waals surface area contributed by atoms with Crippen LogP contribution in [0.5, 0.6) is 0 Å². The molecule has 180 valence electrons. The molecule has 0 aliphatic carbocycles. The summed E-state index contributed by atoms with van der Waals surface area (Å²) in [4.78, 5) is 48.3. The maximum atomic E-state index is 13.2. The Balaban J connectivity index is 1.69. The summed E-state index contributed by atoms with van der Waals surface area (Å²) < 4.78 is 0. The van der Waals surface area contributed by atoms with Crippen molar-refractivity contribution in [3.63, 3.8) is 0 Å². The zero-order valence-electron chi connectivity index (χ0n) is 20.2. The number of rotatable bonds is 9. The van der Waals surface area contributed by atoms with Crippen LogP contribution < -0.4 is 10.6 Å². The highest BCUT2D eigenvalue weighted by molar-refractivity contribution is 5.92. The molecule has 1 aromatic heterocycles. The van der Waals surface area contributed by atoms with Gasteiger partial charge in [-0.15, -0.1) is 0 Å². The van der Waals surface area contributed by atoms with E-state index in [4.69, 9.17) is 0 Å². The van der Waals surface area contributed by atoms with Crippen molar-refractivity contribution in [1.82, 2.24) is 25.5 Å². The highest BCUT2D eigenvalue weighted by Gasteiger charge is 2.30. The van der Waals surface area contributed by atoms with Crippen molar-refractivity contribution in [3.05, 3.63) is 30.1 Å². The molecule has 3 amide bonds. The molecular formula is C25H37N5O3. The molecule has 3 N–H and O–H groups in total. The number of fused-ring (bicyclic) bond motifs is 1. The molecule has 2 unspecified atom stereocenters. The molecular weight excluding hydrogens is 418 g/mol. The molecule has 0 bridgehead atoms. The Kier molecular flexibility index (Phi) is 8.47. The summed E-state index contributed by atoms with van der Waals surface area (Å²) in [5.41, 5.74) is 1.71. The number of para-hydroxylation sites is 2. The van der Waals surface area contributed by atoms with Crippen LogP contribution in [0, 0.1) is 5.92 Å². The number of aromatic nitrogens is 2. The van der Waals surface area contributed by atoms with E-state index in [1.165, 1.54) is 0 Å².